The van der Waals surface area contributed by atoms with Gasteiger partial charge in [0.05, 0.1) is 10.4 Å². The van der Waals surface area contributed by atoms with Crippen molar-refractivity contribution in [2.45, 2.75) is 0 Å². The van der Waals surface area contributed by atoms with E-state index in [2.05, 4.69) is 10.3 Å². The summed E-state index contributed by atoms with van der Waals surface area (Å²) in [6.07, 6.45) is 1.69. The largest absolute Gasteiger partial charge is 0.507 e. The second kappa shape index (κ2) is 6.28. The predicted molar refractivity (Wildman–Crippen MR) is 92.5 cm³/mol. The lowest BCUT2D eigenvalue weighted by atomic mass is 10.1. The summed E-state index contributed by atoms with van der Waals surface area (Å²) >= 11 is 7.28. The molecular formula is C16H12ClN3O2S. The van der Waals surface area contributed by atoms with E-state index in [4.69, 9.17) is 17.3 Å². The van der Waals surface area contributed by atoms with Crippen molar-refractivity contribution < 1.29 is 9.90 Å². The molecule has 23 heavy (non-hydrogen) atoms. The van der Waals surface area contributed by atoms with Gasteiger partial charge in [0.2, 0.25) is 0 Å². The van der Waals surface area contributed by atoms with Gasteiger partial charge in [0.1, 0.15) is 5.75 Å². The maximum atomic E-state index is 11.3. The quantitative estimate of drug-likeness (QED) is 0.666. The zero-order chi connectivity index (χ0) is 16.4. The van der Waals surface area contributed by atoms with Gasteiger partial charge in [0, 0.05) is 16.9 Å². The summed E-state index contributed by atoms with van der Waals surface area (Å²) in [5.41, 5.74) is 6.97. The van der Waals surface area contributed by atoms with Crippen LogP contribution in [0.2, 0.25) is 5.02 Å². The van der Waals surface area contributed by atoms with E-state index < -0.39 is 5.91 Å². The molecule has 5 nitrogen and oxygen atoms in total. The van der Waals surface area contributed by atoms with Gasteiger partial charge >= 0.3 is 0 Å². The van der Waals surface area contributed by atoms with E-state index in [-0.39, 0.29) is 11.3 Å². The molecule has 0 unspecified atom stereocenters. The Morgan fingerprint density at radius 1 is 1.22 bits per heavy atom. The highest BCUT2D eigenvalue weighted by Gasteiger charge is 2.11. The molecule has 1 aromatic heterocycles. The maximum Gasteiger partial charge on any atom is 0.252 e. The van der Waals surface area contributed by atoms with E-state index in [9.17, 15) is 9.90 Å². The number of nitrogens with two attached hydrogens (primary N) is 1. The number of halogens is 1. The van der Waals surface area contributed by atoms with Crippen LogP contribution < -0.4 is 11.1 Å². The van der Waals surface area contributed by atoms with Crippen molar-refractivity contribution in [3.05, 3.63) is 59.2 Å². The molecule has 0 aliphatic rings. The number of anilines is 2. The first-order valence-electron chi connectivity index (χ1n) is 6.64. The number of phenols is 1. The van der Waals surface area contributed by atoms with Crippen molar-refractivity contribution in [2.75, 3.05) is 5.32 Å². The highest BCUT2D eigenvalue weighted by molar-refractivity contribution is 7.18. The van der Waals surface area contributed by atoms with Crippen LogP contribution in [0.25, 0.3) is 10.4 Å². The third-order valence-electron chi connectivity index (χ3n) is 3.15. The molecule has 0 aliphatic heterocycles. The lowest BCUT2D eigenvalue weighted by Crippen LogP contribution is -2.11. The van der Waals surface area contributed by atoms with Gasteiger partial charge in [-0.3, -0.25) is 4.79 Å². The van der Waals surface area contributed by atoms with Gasteiger partial charge in [-0.15, -0.1) is 0 Å². The summed E-state index contributed by atoms with van der Waals surface area (Å²) in [4.78, 5) is 16.5. The molecule has 0 saturated heterocycles. The number of aromatic hydroxyl groups is 1. The third-order valence-corrected chi connectivity index (χ3v) is 4.36. The van der Waals surface area contributed by atoms with Crippen LogP contribution >= 0.6 is 22.9 Å². The van der Waals surface area contributed by atoms with Crippen molar-refractivity contribution in [1.82, 2.24) is 4.98 Å². The number of hydrogen-bond donors (Lipinski definition) is 3. The lowest BCUT2D eigenvalue weighted by Gasteiger charge is -2.03. The van der Waals surface area contributed by atoms with Crippen molar-refractivity contribution >= 4 is 39.7 Å². The van der Waals surface area contributed by atoms with Crippen LogP contribution in [0.15, 0.2) is 48.7 Å². The third kappa shape index (κ3) is 3.44. The average Bonchev–Trinajstić information content (AvgIpc) is 2.98. The topological polar surface area (TPSA) is 88.2 Å². The number of carbonyl (C=O) groups is 1. The Kier molecular flexibility index (Phi) is 4.18. The molecule has 0 bridgehead atoms. The zero-order valence-electron chi connectivity index (χ0n) is 11.8. The second-order valence-corrected chi connectivity index (χ2v) is 6.22. The second-order valence-electron chi connectivity index (χ2n) is 4.76. The summed E-state index contributed by atoms with van der Waals surface area (Å²) in [5, 5.41) is 14.2. The molecule has 3 rings (SSSR count). The molecule has 7 heteroatoms. The summed E-state index contributed by atoms with van der Waals surface area (Å²) in [5.74, 6) is -0.807. The minimum Gasteiger partial charge on any atom is -0.507 e. The van der Waals surface area contributed by atoms with Crippen LogP contribution in [0.3, 0.4) is 0 Å². The van der Waals surface area contributed by atoms with Crippen LogP contribution in [0, 0.1) is 0 Å². The first-order chi connectivity index (χ1) is 11.0. The SMILES string of the molecule is NC(=O)c1cc(-c2cnc(Nc3ccc(Cl)cc3)s2)ccc1O. The Bertz CT molecular complexity index is 862. The molecule has 0 aliphatic carbocycles. The van der Waals surface area contributed by atoms with Crippen LogP contribution in [-0.2, 0) is 0 Å². The Morgan fingerprint density at radius 3 is 2.65 bits per heavy atom. The molecule has 0 spiro atoms. The van der Waals surface area contributed by atoms with Crippen molar-refractivity contribution in [3.63, 3.8) is 0 Å². The summed E-state index contributed by atoms with van der Waals surface area (Å²) in [7, 11) is 0. The molecule has 116 valence electrons. The number of thiazole rings is 1. The molecule has 0 radical (unpaired) electrons. The number of amides is 1. The van der Waals surface area contributed by atoms with Crippen LogP contribution in [0.1, 0.15) is 10.4 Å². The fraction of sp³-hybridized carbons (Fsp3) is 0. The van der Waals surface area contributed by atoms with Gasteiger partial charge in [0.25, 0.3) is 5.91 Å². The number of nitrogens with zero attached hydrogens (tertiary/aromatic N) is 1. The van der Waals surface area contributed by atoms with Crippen LogP contribution in [0.5, 0.6) is 5.75 Å². The van der Waals surface area contributed by atoms with Gasteiger partial charge in [-0.1, -0.05) is 22.9 Å². The van der Waals surface area contributed by atoms with Gasteiger partial charge in [0.15, 0.2) is 5.13 Å². The van der Waals surface area contributed by atoms with E-state index in [0.29, 0.717) is 10.2 Å². The molecule has 0 saturated carbocycles. The average molecular weight is 346 g/mol. The van der Waals surface area contributed by atoms with Crippen molar-refractivity contribution in [2.24, 2.45) is 5.73 Å². The van der Waals surface area contributed by atoms with E-state index in [0.717, 1.165) is 16.1 Å². The molecule has 3 aromatic rings. The van der Waals surface area contributed by atoms with E-state index in [1.54, 1.807) is 30.5 Å². The molecule has 4 N–H and O–H groups in total. The highest BCUT2D eigenvalue weighted by atomic mass is 35.5. The number of benzene rings is 2. The van der Waals surface area contributed by atoms with Crippen LogP contribution in [-0.4, -0.2) is 16.0 Å². The van der Waals surface area contributed by atoms with Crippen molar-refractivity contribution in [3.8, 4) is 16.2 Å². The molecule has 0 fully saturated rings. The normalized spacial score (nSPS) is 10.5. The number of rotatable bonds is 4. The van der Waals surface area contributed by atoms with E-state index >= 15 is 0 Å². The zero-order valence-corrected chi connectivity index (χ0v) is 13.4. The lowest BCUT2D eigenvalue weighted by molar-refractivity contribution is 0.0998. The molecule has 1 heterocycles. The minimum atomic E-state index is -0.673. The van der Waals surface area contributed by atoms with E-state index in [1.165, 1.54) is 17.4 Å². The fourth-order valence-corrected chi connectivity index (χ4v) is 2.97. The molecule has 2 aromatic carbocycles. The Labute approximate surface area is 141 Å². The summed E-state index contributed by atoms with van der Waals surface area (Å²) in [6.45, 7) is 0. The molecule has 1 amide bonds. The first kappa shape index (κ1) is 15.3. The van der Waals surface area contributed by atoms with Gasteiger partial charge in [-0.25, -0.2) is 4.98 Å². The van der Waals surface area contributed by atoms with Gasteiger partial charge in [-0.2, -0.15) is 0 Å². The monoisotopic (exact) mass is 345 g/mol. The first-order valence-corrected chi connectivity index (χ1v) is 7.84. The minimum absolute atomic E-state index is 0.0862. The Morgan fingerprint density at radius 2 is 1.96 bits per heavy atom. The van der Waals surface area contributed by atoms with Gasteiger partial charge < -0.3 is 16.2 Å². The maximum absolute atomic E-state index is 11.3. The Hall–Kier alpha value is -2.57. The molecular weight excluding hydrogens is 334 g/mol. The fourth-order valence-electron chi connectivity index (χ4n) is 2.01. The smallest absolute Gasteiger partial charge is 0.252 e. The Balaban J connectivity index is 1.85. The van der Waals surface area contributed by atoms with Crippen LogP contribution in [0.4, 0.5) is 10.8 Å². The standard InChI is InChI=1S/C16H12ClN3O2S/c17-10-2-4-11(5-3-10)20-16-19-8-14(23-16)9-1-6-13(21)12(7-9)15(18)22/h1-8,21H,(H2,18,22)(H,19,20). The summed E-state index contributed by atoms with van der Waals surface area (Å²) < 4.78 is 0. The molecule has 0 atom stereocenters. The highest BCUT2D eigenvalue weighted by Crippen LogP contribution is 2.33. The van der Waals surface area contributed by atoms with E-state index in [1.807, 2.05) is 12.1 Å². The van der Waals surface area contributed by atoms with Crippen molar-refractivity contribution in [1.29, 1.82) is 0 Å². The number of nitrogens with one attached hydrogen (secondary N) is 1. The van der Waals surface area contributed by atoms with Gasteiger partial charge in [-0.05, 0) is 48.0 Å². The number of hydrogen-bond acceptors (Lipinski definition) is 5. The number of primary amides is 1. The summed E-state index contributed by atoms with van der Waals surface area (Å²) in [6, 6.07) is 12.0. The number of aromatic nitrogens is 1. The predicted octanol–water partition coefficient (Wildman–Crippen LogP) is 4.01. The number of carbonyl (C=O) groups excluding carboxylic acids is 1.